The molecule has 0 saturated carbocycles. The predicted octanol–water partition coefficient (Wildman–Crippen LogP) is 4.44. The van der Waals surface area contributed by atoms with Gasteiger partial charge in [-0.2, -0.15) is 0 Å². The first-order valence-corrected chi connectivity index (χ1v) is 8.78. The van der Waals surface area contributed by atoms with Crippen LogP contribution in [0.2, 0.25) is 5.15 Å². The summed E-state index contributed by atoms with van der Waals surface area (Å²) in [6.45, 7) is 11.9. The molecular formula is C16H22ClN3S. The lowest BCUT2D eigenvalue weighted by molar-refractivity contribution is 0.131. The standard InChI is InChI=1S/C16H22ClN3S/c1-9-5-10(2)7-20(6-9)8-13-18-15(17)14-11(3)12(4)21-16(14)19-13/h9-10H,5-8H2,1-4H3. The fourth-order valence-corrected chi connectivity index (χ4v) is 4.87. The Balaban J connectivity index is 1.87. The van der Waals surface area contributed by atoms with Crippen LogP contribution in [0.5, 0.6) is 0 Å². The van der Waals surface area contributed by atoms with Gasteiger partial charge in [0, 0.05) is 18.0 Å². The zero-order valence-corrected chi connectivity index (χ0v) is 14.7. The van der Waals surface area contributed by atoms with E-state index in [0.29, 0.717) is 5.15 Å². The molecule has 0 spiro atoms. The number of rotatable bonds is 2. The number of nitrogens with zero attached hydrogens (tertiary/aromatic N) is 3. The van der Waals surface area contributed by atoms with Crippen molar-refractivity contribution in [3.05, 3.63) is 21.4 Å². The molecule has 0 bridgehead atoms. The van der Waals surface area contributed by atoms with Gasteiger partial charge in [-0.25, -0.2) is 9.97 Å². The van der Waals surface area contributed by atoms with Crippen LogP contribution >= 0.6 is 22.9 Å². The highest BCUT2D eigenvalue weighted by atomic mass is 35.5. The Morgan fingerprint density at radius 1 is 1.19 bits per heavy atom. The number of hydrogen-bond acceptors (Lipinski definition) is 4. The van der Waals surface area contributed by atoms with E-state index in [-0.39, 0.29) is 0 Å². The quantitative estimate of drug-likeness (QED) is 0.765. The molecule has 21 heavy (non-hydrogen) atoms. The predicted molar refractivity (Wildman–Crippen MR) is 90.1 cm³/mol. The molecule has 2 unspecified atom stereocenters. The van der Waals surface area contributed by atoms with Gasteiger partial charge in [0.05, 0.1) is 11.9 Å². The van der Waals surface area contributed by atoms with E-state index in [9.17, 15) is 0 Å². The van der Waals surface area contributed by atoms with E-state index in [1.807, 2.05) is 0 Å². The molecule has 114 valence electrons. The van der Waals surface area contributed by atoms with E-state index in [4.69, 9.17) is 16.6 Å². The summed E-state index contributed by atoms with van der Waals surface area (Å²) in [7, 11) is 0. The Labute approximate surface area is 135 Å². The Hall–Kier alpha value is -0.710. The summed E-state index contributed by atoms with van der Waals surface area (Å²) in [4.78, 5) is 14.0. The van der Waals surface area contributed by atoms with Gasteiger partial charge in [0.15, 0.2) is 0 Å². The minimum atomic E-state index is 0.606. The van der Waals surface area contributed by atoms with E-state index < -0.39 is 0 Å². The number of fused-ring (bicyclic) bond motifs is 1. The summed E-state index contributed by atoms with van der Waals surface area (Å²) in [5.41, 5.74) is 1.21. The van der Waals surface area contributed by atoms with Crippen LogP contribution in [0.1, 0.15) is 36.5 Å². The van der Waals surface area contributed by atoms with Crippen LogP contribution in [0.15, 0.2) is 0 Å². The second-order valence-electron chi connectivity index (χ2n) is 6.53. The zero-order chi connectivity index (χ0) is 15.1. The van der Waals surface area contributed by atoms with Gasteiger partial charge in [-0.3, -0.25) is 4.90 Å². The molecule has 3 heterocycles. The lowest BCUT2D eigenvalue weighted by Crippen LogP contribution is -2.38. The van der Waals surface area contributed by atoms with Crippen LogP contribution in [-0.4, -0.2) is 28.0 Å². The fourth-order valence-electron chi connectivity index (χ4n) is 3.43. The van der Waals surface area contributed by atoms with Crippen molar-refractivity contribution >= 4 is 33.2 Å². The first kappa shape index (κ1) is 15.2. The van der Waals surface area contributed by atoms with Gasteiger partial charge in [0.2, 0.25) is 0 Å². The Morgan fingerprint density at radius 2 is 1.86 bits per heavy atom. The molecule has 0 aliphatic carbocycles. The van der Waals surface area contributed by atoms with Gasteiger partial charge in [-0.15, -0.1) is 11.3 Å². The van der Waals surface area contributed by atoms with Crippen LogP contribution in [0.4, 0.5) is 0 Å². The molecule has 0 amide bonds. The molecule has 3 rings (SSSR count). The summed E-state index contributed by atoms with van der Waals surface area (Å²) in [5.74, 6) is 2.36. The zero-order valence-electron chi connectivity index (χ0n) is 13.1. The van der Waals surface area contributed by atoms with Crippen molar-refractivity contribution < 1.29 is 0 Å². The monoisotopic (exact) mass is 323 g/mol. The average Bonchev–Trinajstić information content (AvgIpc) is 2.63. The van der Waals surface area contributed by atoms with E-state index in [0.717, 1.165) is 47.5 Å². The molecule has 1 fully saturated rings. The van der Waals surface area contributed by atoms with Gasteiger partial charge in [-0.05, 0) is 37.7 Å². The second kappa shape index (κ2) is 5.82. The van der Waals surface area contributed by atoms with Crippen molar-refractivity contribution in [1.29, 1.82) is 0 Å². The highest BCUT2D eigenvalue weighted by Crippen LogP contribution is 2.33. The van der Waals surface area contributed by atoms with Gasteiger partial charge in [0.1, 0.15) is 15.8 Å². The van der Waals surface area contributed by atoms with Crippen LogP contribution in [0.25, 0.3) is 10.2 Å². The molecule has 3 nitrogen and oxygen atoms in total. The topological polar surface area (TPSA) is 29.0 Å². The maximum absolute atomic E-state index is 6.39. The van der Waals surface area contributed by atoms with Crippen LogP contribution in [0.3, 0.4) is 0 Å². The maximum Gasteiger partial charge on any atom is 0.145 e. The van der Waals surface area contributed by atoms with Crippen molar-refractivity contribution in [3.8, 4) is 0 Å². The summed E-state index contributed by atoms with van der Waals surface area (Å²) < 4.78 is 0. The lowest BCUT2D eigenvalue weighted by Gasteiger charge is -2.34. The summed E-state index contributed by atoms with van der Waals surface area (Å²) in [5, 5.41) is 1.64. The van der Waals surface area contributed by atoms with Crippen molar-refractivity contribution in [1.82, 2.24) is 14.9 Å². The molecule has 0 N–H and O–H groups in total. The third-order valence-electron chi connectivity index (χ3n) is 4.34. The molecular weight excluding hydrogens is 302 g/mol. The number of hydrogen-bond donors (Lipinski definition) is 0. The van der Waals surface area contributed by atoms with Gasteiger partial charge in [-0.1, -0.05) is 25.4 Å². The molecule has 2 aromatic heterocycles. The van der Waals surface area contributed by atoms with Gasteiger partial charge < -0.3 is 0 Å². The molecule has 0 aromatic carbocycles. The van der Waals surface area contributed by atoms with E-state index in [1.165, 1.54) is 16.9 Å². The maximum atomic E-state index is 6.39. The van der Waals surface area contributed by atoms with E-state index in [2.05, 4.69) is 37.6 Å². The smallest absolute Gasteiger partial charge is 0.145 e. The summed E-state index contributed by atoms with van der Waals surface area (Å²) in [6.07, 6.45) is 1.32. The van der Waals surface area contributed by atoms with Crippen molar-refractivity contribution in [3.63, 3.8) is 0 Å². The summed E-state index contributed by atoms with van der Waals surface area (Å²) >= 11 is 8.11. The fraction of sp³-hybridized carbons (Fsp3) is 0.625. The SMILES string of the molecule is Cc1sc2nc(CN3CC(C)CC(C)C3)nc(Cl)c2c1C. The molecule has 1 aliphatic rings. The number of aromatic nitrogens is 2. The largest absolute Gasteiger partial charge is 0.295 e. The lowest BCUT2D eigenvalue weighted by atomic mass is 9.92. The van der Waals surface area contributed by atoms with Crippen molar-refractivity contribution in [2.45, 2.75) is 40.7 Å². The Morgan fingerprint density at radius 3 is 2.52 bits per heavy atom. The average molecular weight is 324 g/mol. The molecule has 1 aliphatic heterocycles. The highest BCUT2D eigenvalue weighted by molar-refractivity contribution is 7.18. The number of halogens is 1. The van der Waals surface area contributed by atoms with Crippen LogP contribution < -0.4 is 0 Å². The van der Waals surface area contributed by atoms with Crippen LogP contribution in [0, 0.1) is 25.7 Å². The number of thiophene rings is 1. The molecule has 2 aromatic rings. The number of likely N-dealkylation sites (tertiary alicyclic amines) is 1. The normalized spacial score (nSPS) is 23.9. The Bertz CT molecular complexity index is 657. The molecule has 5 heteroatoms. The van der Waals surface area contributed by atoms with Crippen molar-refractivity contribution in [2.75, 3.05) is 13.1 Å². The van der Waals surface area contributed by atoms with Crippen molar-refractivity contribution in [2.24, 2.45) is 11.8 Å². The number of aryl methyl sites for hydroxylation is 2. The minimum Gasteiger partial charge on any atom is -0.295 e. The Kier molecular flexibility index (Phi) is 4.21. The van der Waals surface area contributed by atoms with Gasteiger partial charge in [0.25, 0.3) is 0 Å². The highest BCUT2D eigenvalue weighted by Gasteiger charge is 2.23. The molecule has 1 saturated heterocycles. The first-order chi connectivity index (χ1) is 9.94. The molecule has 0 radical (unpaired) electrons. The second-order valence-corrected chi connectivity index (χ2v) is 8.10. The number of piperidine rings is 1. The minimum absolute atomic E-state index is 0.606. The van der Waals surface area contributed by atoms with Gasteiger partial charge >= 0.3 is 0 Å². The third-order valence-corrected chi connectivity index (χ3v) is 5.71. The van der Waals surface area contributed by atoms with E-state index >= 15 is 0 Å². The van der Waals surface area contributed by atoms with Crippen LogP contribution in [-0.2, 0) is 6.54 Å². The summed E-state index contributed by atoms with van der Waals surface area (Å²) in [6, 6.07) is 0. The first-order valence-electron chi connectivity index (χ1n) is 7.58. The van der Waals surface area contributed by atoms with E-state index in [1.54, 1.807) is 11.3 Å². The molecule has 2 atom stereocenters. The third kappa shape index (κ3) is 3.08.